The molecule has 0 aromatic heterocycles. The lowest BCUT2D eigenvalue weighted by molar-refractivity contribution is -0.141. The number of amides is 2. The summed E-state index contributed by atoms with van der Waals surface area (Å²) in [4.78, 5) is 24.4. The number of morpholine rings is 1. The van der Waals surface area contributed by atoms with Crippen LogP contribution in [0.3, 0.4) is 0 Å². The second kappa shape index (κ2) is 5.86. The molecule has 6 heteroatoms. The molecule has 0 spiro atoms. The minimum atomic E-state index is -0.909. The first-order valence-corrected chi connectivity index (χ1v) is 5.81. The Morgan fingerprint density at radius 2 is 2.12 bits per heavy atom. The van der Waals surface area contributed by atoms with Gasteiger partial charge < -0.3 is 20.1 Å². The Bertz CT molecular complexity index is 295. The first-order chi connectivity index (χ1) is 7.93. The van der Waals surface area contributed by atoms with Gasteiger partial charge in [-0.25, -0.2) is 4.79 Å². The molecule has 1 fully saturated rings. The van der Waals surface area contributed by atoms with E-state index in [4.69, 9.17) is 9.84 Å². The Kier molecular flexibility index (Phi) is 4.74. The number of carbonyl (C=O) groups excluding carboxylic acids is 1. The first-order valence-electron chi connectivity index (χ1n) is 5.81. The maximum Gasteiger partial charge on any atom is 0.318 e. The van der Waals surface area contributed by atoms with E-state index in [1.807, 2.05) is 6.92 Å². The van der Waals surface area contributed by atoms with Gasteiger partial charge in [-0.2, -0.15) is 0 Å². The number of ether oxygens (including phenoxy) is 1. The van der Waals surface area contributed by atoms with Crippen molar-refractivity contribution in [1.29, 1.82) is 0 Å². The molecule has 98 valence electrons. The number of carboxylic acids is 1. The van der Waals surface area contributed by atoms with Crippen LogP contribution in [0, 0.1) is 5.92 Å². The molecule has 1 aliphatic rings. The van der Waals surface area contributed by atoms with Crippen LogP contribution in [0.2, 0.25) is 0 Å². The van der Waals surface area contributed by atoms with E-state index >= 15 is 0 Å². The SMILES string of the molecule is CC(NC(=O)N1CCOCC1C)C(C)C(=O)O. The molecule has 0 radical (unpaired) electrons. The highest BCUT2D eigenvalue weighted by Gasteiger charge is 2.27. The number of carbonyl (C=O) groups is 2. The van der Waals surface area contributed by atoms with E-state index in [9.17, 15) is 9.59 Å². The van der Waals surface area contributed by atoms with Crippen molar-refractivity contribution in [2.45, 2.75) is 32.9 Å². The summed E-state index contributed by atoms with van der Waals surface area (Å²) >= 11 is 0. The van der Waals surface area contributed by atoms with Gasteiger partial charge in [-0.3, -0.25) is 4.79 Å². The normalized spacial score (nSPS) is 23.9. The first kappa shape index (κ1) is 13.8. The second-order valence-corrected chi connectivity index (χ2v) is 4.48. The Balaban J connectivity index is 2.50. The number of hydrogen-bond donors (Lipinski definition) is 2. The molecule has 0 aliphatic carbocycles. The predicted molar refractivity (Wildman–Crippen MR) is 61.8 cm³/mol. The summed E-state index contributed by atoms with van der Waals surface area (Å²) in [5, 5.41) is 11.6. The van der Waals surface area contributed by atoms with Gasteiger partial charge in [-0.05, 0) is 20.8 Å². The molecule has 1 heterocycles. The van der Waals surface area contributed by atoms with Crippen LogP contribution in [0.5, 0.6) is 0 Å². The zero-order chi connectivity index (χ0) is 13.0. The van der Waals surface area contributed by atoms with Crippen LogP contribution in [0.15, 0.2) is 0 Å². The molecule has 0 aromatic rings. The lowest BCUT2D eigenvalue weighted by atomic mass is 10.0. The molecule has 0 bridgehead atoms. The highest BCUT2D eigenvalue weighted by Crippen LogP contribution is 2.08. The molecule has 0 aromatic carbocycles. The Morgan fingerprint density at radius 1 is 1.47 bits per heavy atom. The summed E-state index contributed by atoms with van der Waals surface area (Å²) in [6.07, 6.45) is 0. The maximum atomic E-state index is 11.9. The smallest absolute Gasteiger partial charge is 0.318 e. The van der Waals surface area contributed by atoms with Crippen molar-refractivity contribution in [3.63, 3.8) is 0 Å². The van der Waals surface area contributed by atoms with E-state index in [0.717, 1.165) is 0 Å². The van der Waals surface area contributed by atoms with Crippen LogP contribution >= 0.6 is 0 Å². The van der Waals surface area contributed by atoms with Crippen molar-refractivity contribution in [2.75, 3.05) is 19.8 Å². The average molecular weight is 244 g/mol. The van der Waals surface area contributed by atoms with Gasteiger partial charge >= 0.3 is 12.0 Å². The van der Waals surface area contributed by atoms with Crippen LogP contribution in [-0.4, -0.2) is 53.8 Å². The Morgan fingerprint density at radius 3 is 2.65 bits per heavy atom. The number of rotatable bonds is 3. The maximum absolute atomic E-state index is 11.9. The minimum absolute atomic E-state index is 0.0242. The van der Waals surface area contributed by atoms with E-state index in [-0.39, 0.29) is 12.1 Å². The van der Waals surface area contributed by atoms with Gasteiger partial charge in [-0.15, -0.1) is 0 Å². The number of carboxylic acid groups (broad SMARTS) is 1. The fraction of sp³-hybridized carbons (Fsp3) is 0.818. The number of hydrogen-bond acceptors (Lipinski definition) is 3. The third kappa shape index (κ3) is 3.59. The minimum Gasteiger partial charge on any atom is -0.481 e. The summed E-state index contributed by atoms with van der Waals surface area (Å²) < 4.78 is 5.24. The van der Waals surface area contributed by atoms with Crippen LogP contribution < -0.4 is 5.32 Å². The Hall–Kier alpha value is -1.30. The summed E-state index contributed by atoms with van der Waals surface area (Å²) in [7, 11) is 0. The monoisotopic (exact) mass is 244 g/mol. The van der Waals surface area contributed by atoms with Gasteiger partial charge in [0.25, 0.3) is 0 Å². The highest BCUT2D eigenvalue weighted by atomic mass is 16.5. The molecule has 1 saturated heterocycles. The van der Waals surface area contributed by atoms with Crippen LogP contribution in [0.4, 0.5) is 4.79 Å². The van der Waals surface area contributed by atoms with E-state index in [1.54, 1.807) is 18.7 Å². The highest BCUT2D eigenvalue weighted by molar-refractivity contribution is 5.77. The van der Waals surface area contributed by atoms with Gasteiger partial charge in [0, 0.05) is 12.6 Å². The number of nitrogens with one attached hydrogen (secondary N) is 1. The van der Waals surface area contributed by atoms with E-state index in [0.29, 0.717) is 19.8 Å². The van der Waals surface area contributed by atoms with Gasteiger partial charge in [0.05, 0.1) is 25.2 Å². The number of nitrogens with zero attached hydrogens (tertiary/aromatic N) is 1. The van der Waals surface area contributed by atoms with Crippen molar-refractivity contribution in [2.24, 2.45) is 5.92 Å². The summed E-state index contributed by atoms with van der Waals surface area (Å²) in [5.74, 6) is -1.51. The fourth-order valence-electron chi connectivity index (χ4n) is 1.65. The van der Waals surface area contributed by atoms with Crippen molar-refractivity contribution < 1.29 is 19.4 Å². The molecule has 6 nitrogen and oxygen atoms in total. The predicted octanol–water partition coefficient (Wildman–Crippen LogP) is 0.526. The molecule has 2 N–H and O–H groups in total. The number of aliphatic carboxylic acids is 1. The third-order valence-electron chi connectivity index (χ3n) is 3.12. The summed E-state index contributed by atoms with van der Waals surface area (Å²) in [6, 6.07) is -0.590. The zero-order valence-corrected chi connectivity index (χ0v) is 10.5. The summed E-state index contributed by atoms with van der Waals surface area (Å²) in [5.41, 5.74) is 0. The zero-order valence-electron chi connectivity index (χ0n) is 10.5. The molecule has 1 aliphatic heterocycles. The standard InChI is InChI=1S/C11H20N2O4/c1-7-6-17-5-4-13(7)11(16)12-9(3)8(2)10(14)15/h7-9H,4-6H2,1-3H3,(H,12,16)(H,14,15). The largest absolute Gasteiger partial charge is 0.481 e. The average Bonchev–Trinajstić information content (AvgIpc) is 2.28. The third-order valence-corrected chi connectivity index (χ3v) is 3.12. The van der Waals surface area contributed by atoms with Gasteiger partial charge in [0.15, 0.2) is 0 Å². The number of urea groups is 1. The molecule has 17 heavy (non-hydrogen) atoms. The second-order valence-electron chi connectivity index (χ2n) is 4.48. The molecular formula is C11H20N2O4. The molecule has 0 saturated carbocycles. The quantitative estimate of drug-likeness (QED) is 0.759. The van der Waals surface area contributed by atoms with Crippen molar-refractivity contribution in [3.8, 4) is 0 Å². The lowest BCUT2D eigenvalue weighted by Gasteiger charge is -2.34. The topological polar surface area (TPSA) is 78.9 Å². The van der Waals surface area contributed by atoms with Gasteiger partial charge in [0.2, 0.25) is 0 Å². The van der Waals surface area contributed by atoms with Crippen molar-refractivity contribution in [1.82, 2.24) is 10.2 Å². The molecule has 1 rings (SSSR count). The van der Waals surface area contributed by atoms with E-state index in [2.05, 4.69) is 5.32 Å². The van der Waals surface area contributed by atoms with Crippen LogP contribution in [0.1, 0.15) is 20.8 Å². The van der Waals surface area contributed by atoms with E-state index < -0.39 is 17.9 Å². The lowest BCUT2D eigenvalue weighted by Crippen LogP contribution is -2.54. The van der Waals surface area contributed by atoms with Gasteiger partial charge in [0.1, 0.15) is 0 Å². The van der Waals surface area contributed by atoms with Crippen LogP contribution in [0.25, 0.3) is 0 Å². The van der Waals surface area contributed by atoms with Crippen molar-refractivity contribution in [3.05, 3.63) is 0 Å². The Labute approximate surface area is 101 Å². The van der Waals surface area contributed by atoms with Crippen LogP contribution in [-0.2, 0) is 9.53 Å². The van der Waals surface area contributed by atoms with E-state index in [1.165, 1.54) is 0 Å². The molecule has 2 amide bonds. The molecule has 3 atom stereocenters. The fourth-order valence-corrected chi connectivity index (χ4v) is 1.65. The van der Waals surface area contributed by atoms with Gasteiger partial charge in [-0.1, -0.05) is 0 Å². The van der Waals surface area contributed by atoms with Crippen molar-refractivity contribution >= 4 is 12.0 Å². The molecular weight excluding hydrogens is 224 g/mol. The molecule has 3 unspecified atom stereocenters. The summed E-state index contributed by atoms with van der Waals surface area (Å²) in [6.45, 7) is 6.78.